The molecule has 2 aromatic rings. The summed E-state index contributed by atoms with van der Waals surface area (Å²) in [6, 6.07) is 9.77. The van der Waals surface area contributed by atoms with Crippen LogP contribution >= 0.6 is 0 Å². The van der Waals surface area contributed by atoms with Crippen molar-refractivity contribution < 1.29 is 4.79 Å². The van der Waals surface area contributed by atoms with Crippen molar-refractivity contribution in [3.05, 3.63) is 58.9 Å². The molecule has 0 saturated carbocycles. The Balaban J connectivity index is 2.01. The molecule has 0 spiro atoms. The fraction of sp³-hybridized carbons (Fsp3) is 0.294. The molecular weight excluding hydrogens is 262 g/mol. The number of hydrogen-bond acceptors (Lipinski definition) is 3. The predicted molar refractivity (Wildman–Crippen MR) is 84.8 cm³/mol. The summed E-state index contributed by atoms with van der Waals surface area (Å²) in [5, 5.41) is 3.02. The van der Waals surface area contributed by atoms with Crippen LogP contribution in [0.3, 0.4) is 0 Å². The van der Waals surface area contributed by atoms with Gasteiger partial charge in [0.15, 0.2) is 0 Å². The maximum absolute atomic E-state index is 12.1. The molecule has 1 amide bonds. The van der Waals surface area contributed by atoms with Crippen LogP contribution in [0.1, 0.15) is 35.3 Å². The zero-order chi connectivity index (χ0) is 15.4. The Morgan fingerprint density at radius 1 is 1.29 bits per heavy atom. The number of aryl methyl sites for hydroxylation is 2. The average Bonchev–Trinajstić information content (AvgIpc) is 2.44. The number of benzene rings is 1. The molecule has 4 heteroatoms. The highest BCUT2D eigenvalue weighted by Gasteiger charge is 2.12. The lowest BCUT2D eigenvalue weighted by atomic mass is 10.00. The highest BCUT2D eigenvalue weighted by atomic mass is 16.1. The number of hydrogen-bond donors (Lipinski definition) is 2. The van der Waals surface area contributed by atoms with Gasteiger partial charge in [0.25, 0.3) is 0 Å². The first-order valence-electron chi connectivity index (χ1n) is 7.02. The normalized spacial score (nSPS) is 12.0. The van der Waals surface area contributed by atoms with E-state index in [1.165, 1.54) is 11.1 Å². The fourth-order valence-electron chi connectivity index (χ4n) is 2.30. The second-order valence-corrected chi connectivity index (χ2v) is 5.41. The molecule has 0 aliphatic rings. The van der Waals surface area contributed by atoms with E-state index in [1.54, 1.807) is 18.3 Å². The van der Waals surface area contributed by atoms with Gasteiger partial charge in [0, 0.05) is 5.69 Å². The van der Waals surface area contributed by atoms with E-state index in [2.05, 4.69) is 42.3 Å². The highest BCUT2D eigenvalue weighted by molar-refractivity contribution is 5.78. The molecule has 0 aliphatic heterocycles. The summed E-state index contributed by atoms with van der Waals surface area (Å²) in [6.07, 6.45) is 1.83. The first kappa shape index (κ1) is 15.0. The molecule has 0 radical (unpaired) electrons. The molecule has 110 valence electrons. The Kier molecular flexibility index (Phi) is 4.58. The highest BCUT2D eigenvalue weighted by Crippen LogP contribution is 2.19. The van der Waals surface area contributed by atoms with Gasteiger partial charge in [0.1, 0.15) is 0 Å². The van der Waals surface area contributed by atoms with Crippen LogP contribution in [0.4, 0.5) is 5.69 Å². The van der Waals surface area contributed by atoms with Gasteiger partial charge in [-0.3, -0.25) is 9.78 Å². The third-order valence-electron chi connectivity index (χ3n) is 3.47. The number of carbonyl (C=O) groups excluding carboxylic acids is 1. The molecule has 2 rings (SSSR count). The zero-order valence-corrected chi connectivity index (χ0v) is 12.7. The quantitative estimate of drug-likeness (QED) is 0.906. The van der Waals surface area contributed by atoms with Crippen molar-refractivity contribution in [1.29, 1.82) is 0 Å². The number of nitrogens with two attached hydrogens (primary N) is 1. The van der Waals surface area contributed by atoms with Crippen molar-refractivity contribution in [3.8, 4) is 0 Å². The summed E-state index contributed by atoms with van der Waals surface area (Å²) in [6.45, 7) is 6.10. The van der Waals surface area contributed by atoms with Crippen LogP contribution in [-0.2, 0) is 11.2 Å². The first-order chi connectivity index (χ1) is 9.95. The number of anilines is 1. The van der Waals surface area contributed by atoms with Gasteiger partial charge in [-0.1, -0.05) is 23.8 Å². The smallest absolute Gasteiger partial charge is 0.226 e. The monoisotopic (exact) mass is 283 g/mol. The summed E-state index contributed by atoms with van der Waals surface area (Å²) in [5.41, 5.74) is 10.4. The van der Waals surface area contributed by atoms with E-state index in [0.717, 1.165) is 11.3 Å². The van der Waals surface area contributed by atoms with E-state index < -0.39 is 0 Å². The van der Waals surface area contributed by atoms with Gasteiger partial charge in [-0.05, 0) is 44.0 Å². The third kappa shape index (κ3) is 4.05. The first-order valence-corrected chi connectivity index (χ1v) is 7.02. The molecule has 0 aliphatic carbocycles. The predicted octanol–water partition coefficient (Wildman–Crippen LogP) is 2.70. The minimum absolute atomic E-state index is 0.0221. The molecule has 1 aromatic heterocycles. The van der Waals surface area contributed by atoms with Gasteiger partial charge >= 0.3 is 0 Å². The Hall–Kier alpha value is -2.36. The number of nitrogen functional groups attached to an aromatic ring is 1. The summed E-state index contributed by atoms with van der Waals surface area (Å²) in [4.78, 5) is 16.2. The SMILES string of the molecule is Cc1ccc(C)c(C(C)NC(=O)Cc2ccc(N)cn2)c1. The maximum atomic E-state index is 12.1. The maximum Gasteiger partial charge on any atom is 0.226 e. The number of rotatable bonds is 4. The summed E-state index contributed by atoms with van der Waals surface area (Å²) >= 11 is 0. The average molecular weight is 283 g/mol. The molecule has 0 saturated heterocycles. The third-order valence-corrected chi connectivity index (χ3v) is 3.47. The summed E-state index contributed by atoms with van der Waals surface area (Å²) in [5.74, 6) is -0.0410. The molecule has 21 heavy (non-hydrogen) atoms. The van der Waals surface area contributed by atoms with Crippen LogP contribution in [0, 0.1) is 13.8 Å². The lowest BCUT2D eigenvalue weighted by Gasteiger charge is -2.17. The van der Waals surface area contributed by atoms with E-state index in [0.29, 0.717) is 5.69 Å². The number of nitrogens with zero attached hydrogens (tertiary/aromatic N) is 1. The molecule has 0 fully saturated rings. The molecular formula is C17H21N3O. The van der Waals surface area contributed by atoms with Gasteiger partial charge in [-0.2, -0.15) is 0 Å². The Morgan fingerprint density at radius 2 is 2.05 bits per heavy atom. The van der Waals surface area contributed by atoms with E-state index in [9.17, 15) is 4.79 Å². The van der Waals surface area contributed by atoms with Crippen molar-refractivity contribution >= 4 is 11.6 Å². The molecule has 3 N–H and O–H groups in total. The number of pyridine rings is 1. The minimum atomic E-state index is -0.0410. The standard InChI is InChI=1S/C17H21N3O/c1-11-4-5-12(2)16(8-11)13(3)20-17(21)9-15-7-6-14(18)10-19-15/h4-8,10,13H,9,18H2,1-3H3,(H,20,21). The van der Waals surface area contributed by atoms with Crippen LogP contribution in [0.15, 0.2) is 36.5 Å². The van der Waals surface area contributed by atoms with Crippen molar-refractivity contribution in [2.24, 2.45) is 0 Å². The van der Waals surface area contributed by atoms with Crippen LogP contribution in [-0.4, -0.2) is 10.9 Å². The topological polar surface area (TPSA) is 68.0 Å². The van der Waals surface area contributed by atoms with Crippen LogP contribution in [0.25, 0.3) is 0 Å². The number of amides is 1. The molecule has 1 unspecified atom stereocenters. The van der Waals surface area contributed by atoms with Crippen molar-refractivity contribution in [3.63, 3.8) is 0 Å². The van der Waals surface area contributed by atoms with Crippen LogP contribution in [0.5, 0.6) is 0 Å². The lowest BCUT2D eigenvalue weighted by Crippen LogP contribution is -2.28. The number of carbonyl (C=O) groups is 1. The van der Waals surface area contributed by atoms with Crippen molar-refractivity contribution in [2.75, 3.05) is 5.73 Å². The minimum Gasteiger partial charge on any atom is -0.397 e. The van der Waals surface area contributed by atoms with E-state index >= 15 is 0 Å². The largest absolute Gasteiger partial charge is 0.397 e. The van der Waals surface area contributed by atoms with Gasteiger partial charge in [0.05, 0.1) is 24.3 Å². The summed E-state index contributed by atoms with van der Waals surface area (Å²) < 4.78 is 0. The van der Waals surface area contributed by atoms with E-state index in [1.807, 2.05) is 6.92 Å². The van der Waals surface area contributed by atoms with Gasteiger partial charge < -0.3 is 11.1 Å². The summed E-state index contributed by atoms with van der Waals surface area (Å²) in [7, 11) is 0. The molecule has 1 heterocycles. The Morgan fingerprint density at radius 3 is 2.71 bits per heavy atom. The van der Waals surface area contributed by atoms with E-state index in [4.69, 9.17) is 5.73 Å². The van der Waals surface area contributed by atoms with E-state index in [-0.39, 0.29) is 18.4 Å². The second-order valence-electron chi connectivity index (χ2n) is 5.41. The van der Waals surface area contributed by atoms with Crippen molar-refractivity contribution in [2.45, 2.75) is 33.2 Å². The lowest BCUT2D eigenvalue weighted by molar-refractivity contribution is -0.121. The van der Waals surface area contributed by atoms with Gasteiger partial charge in [0.2, 0.25) is 5.91 Å². The molecule has 1 atom stereocenters. The van der Waals surface area contributed by atoms with Crippen LogP contribution < -0.4 is 11.1 Å². The number of nitrogens with one attached hydrogen (secondary N) is 1. The molecule has 4 nitrogen and oxygen atoms in total. The zero-order valence-electron chi connectivity index (χ0n) is 12.7. The Labute approximate surface area is 125 Å². The Bertz CT molecular complexity index is 635. The van der Waals surface area contributed by atoms with Gasteiger partial charge in [-0.15, -0.1) is 0 Å². The molecule has 1 aromatic carbocycles. The van der Waals surface area contributed by atoms with Gasteiger partial charge in [-0.25, -0.2) is 0 Å². The molecule has 0 bridgehead atoms. The number of aromatic nitrogens is 1. The van der Waals surface area contributed by atoms with Crippen molar-refractivity contribution in [1.82, 2.24) is 10.3 Å². The fourth-order valence-corrected chi connectivity index (χ4v) is 2.30. The van der Waals surface area contributed by atoms with Crippen LogP contribution in [0.2, 0.25) is 0 Å². The second kappa shape index (κ2) is 6.39.